The topological polar surface area (TPSA) is 34.1 Å². The van der Waals surface area contributed by atoms with E-state index in [4.69, 9.17) is 4.74 Å². The Morgan fingerprint density at radius 2 is 2.17 bits per heavy atom. The maximum atomic E-state index is 12.9. The molecule has 0 aliphatic carbocycles. The second kappa shape index (κ2) is 5.99. The van der Waals surface area contributed by atoms with Crippen molar-refractivity contribution in [3.8, 4) is 5.88 Å². The average Bonchev–Trinajstić information content (AvgIpc) is 2.38. The largest absolute Gasteiger partial charge is 0.481 e. The summed E-state index contributed by atoms with van der Waals surface area (Å²) in [5.41, 5.74) is 1.95. The van der Waals surface area contributed by atoms with Gasteiger partial charge in [0.1, 0.15) is 5.82 Å². The molecule has 0 bridgehead atoms. The maximum Gasteiger partial charge on any atom is 0.212 e. The van der Waals surface area contributed by atoms with E-state index in [9.17, 15) is 4.39 Å². The lowest BCUT2D eigenvalue weighted by Crippen LogP contribution is -2.02. The van der Waals surface area contributed by atoms with Gasteiger partial charge < -0.3 is 10.1 Å². The van der Waals surface area contributed by atoms with E-state index < -0.39 is 0 Å². The lowest BCUT2D eigenvalue weighted by Gasteiger charge is -2.08. The normalized spacial score (nSPS) is 10.2. The Balaban J connectivity index is 2.02. The number of nitrogens with one attached hydrogen (secondary N) is 1. The highest BCUT2D eigenvalue weighted by atomic mass is 127. The fourth-order valence-corrected chi connectivity index (χ4v) is 2.13. The van der Waals surface area contributed by atoms with Gasteiger partial charge >= 0.3 is 0 Å². The molecule has 1 heterocycles. The van der Waals surface area contributed by atoms with Crippen LogP contribution in [0.1, 0.15) is 5.56 Å². The van der Waals surface area contributed by atoms with Crippen LogP contribution in [0, 0.1) is 9.39 Å². The smallest absolute Gasteiger partial charge is 0.212 e. The summed E-state index contributed by atoms with van der Waals surface area (Å²) in [6.07, 6.45) is 1.75. The Kier molecular flexibility index (Phi) is 4.35. The number of halogens is 2. The van der Waals surface area contributed by atoms with Crippen molar-refractivity contribution in [2.75, 3.05) is 12.4 Å². The third-order valence-corrected chi connectivity index (χ3v) is 3.31. The van der Waals surface area contributed by atoms with Gasteiger partial charge in [0.25, 0.3) is 0 Å². The summed E-state index contributed by atoms with van der Waals surface area (Å²) in [4.78, 5) is 4.12. The number of methoxy groups -OCH3 is 1. The molecule has 2 aromatic rings. The molecule has 0 aliphatic rings. The molecule has 0 aliphatic heterocycles. The van der Waals surface area contributed by atoms with Crippen molar-refractivity contribution in [3.63, 3.8) is 0 Å². The lowest BCUT2D eigenvalue weighted by atomic mass is 10.2. The van der Waals surface area contributed by atoms with E-state index >= 15 is 0 Å². The van der Waals surface area contributed by atoms with E-state index in [-0.39, 0.29) is 5.82 Å². The number of anilines is 1. The van der Waals surface area contributed by atoms with Crippen LogP contribution >= 0.6 is 22.6 Å². The van der Waals surface area contributed by atoms with Crippen LogP contribution in [-0.4, -0.2) is 12.1 Å². The first-order valence-corrected chi connectivity index (χ1v) is 6.45. The van der Waals surface area contributed by atoms with Gasteiger partial charge in [-0.05, 0) is 46.4 Å². The maximum absolute atomic E-state index is 12.9. The Bertz CT molecular complexity index is 531. The predicted molar refractivity (Wildman–Crippen MR) is 77.2 cm³/mol. The van der Waals surface area contributed by atoms with E-state index in [2.05, 4.69) is 32.9 Å². The van der Waals surface area contributed by atoms with E-state index in [1.165, 1.54) is 12.1 Å². The monoisotopic (exact) mass is 358 g/mol. The molecule has 0 spiro atoms. The molecular formula is C13H12FIN2O. The van der Waals surface area contributed by atoms with Gasteiger partial charge in [0.2, 0.25) is 5.88 Å². The highest BCUT2D eigenvalue weighted by Gasteiger charge is 2.01. The predicted octanol–water partition coefficient (Wildman–Crippen LogP) is 3.45. The molecule has 0 radical (unpaired) electrons. The summed E-state index contributed by atoms with van der Waals surface area (Å²) < 4.78 is 18.8. The number of ether oxygens (including phenoxy) is 1. The number of hydrogen-bond donors (Lipinski definition) is 1. The third-order valence-electron chi connectivity index (χ3n) is 2.42. The van der Waals surface area contributed by atoms with Crippen LogP contribution < -0.4 is 10.1 Å². The summed E-state index contributed by atoms with van der Waals surface area (Å²) in [7, 11) is 1.58. The fraction of sp³-hybridized carbons (Fsp3) is 0.154. The first kappa shape index (κ1) is 13.1. The molecule has 0 saturated heterocycles. The van der Waals surface area contributed by atoms with Crippen LogP contribution in [0.3, 0.4) is 0 Å². The minimum absolute atomic E-state index is 0.226. The van der Waals surface area contributed by atoms with Gasteiger partial charge in [0.15, 0.2) is 0 Å². The van der Waals surface area contributed by atoms with Gasteiger partial charge in [-0.1, -0.05) is 6.07 Å². The zero-order valence-corrected chi connectivity index (χ0v) is 11.9. The first-order chi connectivity index (χ1) is 8.69. The molecule has 3 nitrogen and oxygen atoms in total. The summed E-state index contributed by atoms with van der Waals surface area (Å²) >= 11 is 2.10. The zero-order valence-electron chi connectivity index (χ0n) is 9.78. The Morgan fingerprint density at radius 3 is 2.78 bits per heavy atom. The van der Waals surface area contributed by atoms with E-state index in [1.54, 1.807) is 19.4 Å². The number of benzene rings is 1. The summed E-state index contributed by atoms with van der Waals surface area (Å²) in [5.74, 6) is 0.367. The molecule has 0 fully saturated rings. The van der Waals surface area contributed by atoms with Gasteiger partial charge in [0, 0.05) is 28.1 Å². The van der Waals surface area contributed by atoms with E-state index in [1.807, 2.05) is 12.1 Å². The highest BCUT2D eigenvalue weighted by molar-refractivity contribution is 14.1. The van der Waals surface area contributed by atoms with Crippen molar-refractivity contribution in [2.24, 2.45) is 0 Å². The molecule has 1 aromatic carbocycles. The van der Waals surface area contributed by atoms with Crippen LogP contribution in [0.2, 0.25) is 0 Å². The molecule has 2 rings (SSSR count). The first-order valence-electron chi connectivity index (χ1n) is 5.37. The van der Waals surface area contributed by atoms with Gasteiger partial charge in [-0.25, -0.2) is 9.37 Å². The molecule has 1 aromatic heterocycles. The molecule has 5 heteroatoms. The fourth-order valence-electron chi connectivity index (χ4n) is 1.47. The van der Waals surface area contributed by atoms with Crippen LogP contribution in [0.25, 0.3) is 0 Å². The number of rotatable bonds is 4. The average molecular weight is 358 g/mol. The van der Waals surface area contributed by atoms with Gasteiger partial charge in [-0.15, -0.1) is 0 Å². The van der Waals surface area contributed by atoms with Crippen molar-refractivity contribution in [2.45, 2.75) is 6.54 Å². The molecule has 18 heavy (non-hydrogen) atoms. The minimum Gasteiger partial charge on any atom is -0.481 e. The molecule has 94 valence electrons. The molecular weight excluding hydrogens is 346 g/mol. The van der Waals surface area contributed by atoms with Gasteiger partial charge in [0.05, 0.1) is 7.11 Å². The van der Waals surface area contributed by atoms with Crippen molar-refractivity contribution in [1.29, 1.82) is 0 Å². The van der Waals surface area contributed by atoms with Crippen LogP contribution in [0.15, 0.2) is 36.5 Å². The molecule has 0 amide bonds. The number of nitrogens with zero attached hydrogens (tertiary/aromatic N) is 1. The van der Waals surface area contributed by atoms with Gasteiger partial charge in [-0.2, -0.15) is 0 Å². The van der Waals surface area contributed by atoms with Crippen molar-refractivity contribution in [3.05, 3.63) is 51.5 Å². The van der Waals surface area contributed by atoms with Crippen LogP contribution in [-0.2, 0) is 6.54 Å². The minimum atomic E-state index is -0.226. The summed E-state index contributed by atoms with van der Waals surface area (Å²) in [6, 6.07) is 8.42. The van der Waals surface area contributed by atoms with Crippen LogP contribution in [0.5, 0.6) is 5.88 Å². The van der Waals surface area contributed by atoms with Gasteiger partial charge in [-0.3, -0.25) is 0 Å². The summed E-state index contributed by atoms with van der Waals surface area (Å²) in [5, 5.41) is 3.24. The molecule has 1 N–H and O–H groups in total. The van der Waals surface area contributed by atoms with Crippen molar-refractivity contribution in [1.82, 2.24) is 4.98 Å². The SMILES string of the molecule is COc1ccc(CNc2ccc(F)cc2I)cn1. The quantitative estimate of drug-likeness (QED) is 0.851. The Morgan fingerprint density at radius 1 is 1.33 bits per heavy atom. The molecule has 0 unspecified atom stereocenters. The standard InChI is InChI=1S/C13H12FIN2O/c1-18-13-5-2-9(8-17-13)7-16-12-4-3-10(14)6-11(12)15/h2-6,8,16H,7H2,1H3. The molecule has 0 saturated carbocycles. The molecule has 0 atom stereocenters. The van der Waals surface area contributed by atoms with Crippen molar-refractivity contribution < 1.29 is 9.13 Å². The highest BCUT2D eigenvalue weighted by Crippen LogP contribution is 2.19. The second-order valence-corrected chi connectivity index (χ2v) is 4.85. The number of pyridine rings is 1. The second-order valence-electron chi connectivity index (χ2n) is 3.69. The van der Waals surface area contributed by atoms with Crippen molar-refractivity contribution >= 4 is 28.3 Å². The van der Waals surface area contributed by atoms with E-state index in [0.29, 0.717) is 12.4 Å². The van der Waals surface area contributed by atoms with Crippen LogP contribution in [0.4, 0.5) is 10.1 Å². The third kappa shape index (κ3) is 3.32. The Hall–Kier alpha value is -1.37. The zero-order chi connectivity index (χ0) is 13.0. The number of aromatic nitrogens is 1. The number of hydrogen-bond acceptors (Lipinski definition) is 3. The lowest BCUT2D eigenvalue weighted by molar-refractivity contribution is 0.397. The Labute approximate surface area is 119 Å². The summed E-state index contributed by atoms with van der Waals surface area (Å²) in [6.45, 7) is 0.638. The van der Waals surface area contributed by atoms with E-state index in [0.717, 1.165) is 14.8 Å².